The third kappa shape index (κ3) is 3.44. The zero-order valence-corrected chi connectivity index (χ0v) is 7.95. The number of halogens is 2. The summed E-state index contributed by atoms with van der Waals surface area (Å²) in [6.45, 7) is 4.00. The van der Waals surface area contributed by atoms with Gasteiger partial charge in [-0.3, -0.25) is 0 Å². The van der Waals surface area contributed by atoms with Gasteiger partial charge in [-0.15, -0.1) is 0 Å². The first kappa shape index (κ1) is 10.5. The van der Waals surface area contributed by atoms with E-state index >= 15 is 0 Å². The number of nitrogen functional groups attached to an aromatic ring is 1. The molecule has 0 spiro atoms. The summed E-state index contributed by atoms with van der Waals surface area (Å²) in [6, 6.07) is 3.19. The van der Waals surface area contributed by atoms with Crippen LogP contribution in [0.1, 0.15) is 13.8 Å². The minimum Gasteiger partial charge on any atom is -0.382 e. The molecule has 11 heavy (non-hydrogen) atoms. The Morgan fingerprint density at radius 2 is 1.82 bits per heavy atom. The Morgan fingerprint density at radius 1 is 1.27 bits per heavy atom. The summed E-state index contributed by atoms with van der Waals surface area (Å²) in [6.07, 6.45) is 0. The molecule has 4 heteroatoms. The van der Waals surface area contributed by atoms with Crippen molar-refractivity contribution < 1.29 is 0 Å². The van der Waals surface area contributed by atoms with E-state index in [1.165, 1.54) is 0 Å². The Morgan fingerprint density at radius 3 is 2.18 bits per heavy atom. The number of hydrogen-bond donors (Lipinski definition) is 1. The number of rotatable bonds is 0. The molecule has 1 heterocycles. The van der Waals surface area contributed by atoms with Crippen molar-refractivity contribution >= 4 is 29.0 Å². The second-order valence-corrected chi connectivity index (χ2v) is 2.30. The maximum absolute atomic E-state index is 5.53. The molecular formula is C7H10Cl2N2. The van der Waals surface area contributed by atoms with Gasteiger partial charge in [-0.2, -0.15) is 0 Å². The SMILES string of the molecule is CC.Nc1nc(Cl)ccc1Cl. The topological polar surface area (TPSA) is 38.9 Å². The molecule has 0 bridgehead atoms. The number of nitrogens with zero attached hydrogens (tertiary/aromatic N) is 1. The summed E-state index contributed by atoms with van der Waals surface area (Å²) >= 11 is 11.0. The molecule has 1 aromatic heterocycles. The van der Waals surface area contributed by atoms with E-state index < -0.39 is 0 Å². The van der Waals surface area contributed by atoms with E-state index in [0.29, 0.717) is 10.2 Å². The first-order valence-corrected chi connectivity index (χ1v) is 4.03. The second kappa shape index (κ2) is 5.22. The Hall–Kier alpha value is -0.470. The largest absolute Gasteiger partial charge is 0.382 e. The van der Waals surface area contributed by atoms with Crippen LogP contribution in [0.3, 0.4) is 0 Å². The highest BCUT2D eigenvalue weighted by molar-refractivity contribution is 6.34. The monoisotopic (exact) mass is 192 g/mol. The average Bonchev–Trinajstić information content (AvgIpc) is 2.02. The fourth-order valence-corrected chi connectivity index (χ4v) is 0.692. The van der Waals surface area contributed by atoms with E-state index in [1.54, 1.807) is 12.1 Å². The van der Waals surface area contributed by atoms with Crippen molar-refractivity contribution in [3.05, 3.63) is 22.3 Å². The quantitative estimate of drug-likeness (QED) is 0.643. The van der Waals surface area contributed by atoms with Crippen molar-refractivity contribution in [3.63, 3.8) is 0 Å². The maximum atomic E-state index is 5.53. The third-order valence-corrected chi connectivity index (χ3v) is 1.37. The highest BCUT2D eigenvalue weighted by Crippen LogP contribution is 2.17. The number of hydrogen-bond acceptors (Lipinski definition) is 2. The Labute approximate surface area is 76.3 Å². The molecule has 0 aliphatic rings. The zero-order chi connectivity index (χ0) is 8.85. The van der Waals surface area contributed by atoms with E-state index in [2.05, 4.69) is 4.98 Å². The Kier molecular flexibility index (Phi) is 4.99. The molecule has 0 aliphatic heterocycles. The van der Waals surface area contributed by atoms with E-state index in [1.807, 2.05) is 13.8 Å². The lowest BCUT2D eigenvalue weighted by atomic mass is 10.5. The minimum atomic E-state index is 0.268. The molecule has 0 saturated heterocycles. The van der Waals surface area contributed by atoms with Crippen LogP contribution in [0.25, 0.3) is 0 Å². The van der Waals surface area contributed by atoms with Gasteiger partial charge in [0.1, 0.15) is 11.0 Å². The summed E-state index contributed by atoms with van der Waals surface area (Å²) in [7, 11) is 0. The van der Waals surface area contributed by atoms with Crippen molar-refractivity contribution in [2.75, 3.05) is 5.73 Å². The molecule has 0 fully saturated rings. The maximum Gasteiger partial charge on any atom is 0.143 e. The second-order valence-electron chi connectivity index (χ2n) is 1.50. The first-order chi connectivity index (χ1) is 5.20. The third-order valence-electron chi connectivity index (χ3n) is 0.839. The van der Waals surface area contributed by atoms with Gasteiger partial charge >= 0.3 is 0 Å². The predicted molar refractivity (Wildman–Crippen MR) is 50.0 cm³/mol. The number of nitrogens with two attached hydrogens (primary N) is 1. The van der Waals surface area contributed by atoms with Gasteiger partial charge in [-0.1, -0.05) is 37.0 Å². The van der Waals surface area contributed by atoms with Gasteiger partial charge in [0.05, 0.1) is 5.02 Å². The molecule has 0 atom stereocenters. The molecule has 2 nitrogen and oxygen atoms in total. The van der Waals surface area contributed by atoms with Crippen LogP contribution in [0.2, 0.25) is 10.2 Å². The summed E-state index contributed by atoms with van der Waals surface area (Å²) in [4.78, 5) is 3.68. The van der Waals surface area contributed by atoms with Crippen LogP contribution in [-0.4, -0.2) is 4.98 Å². The van der Waals surface area contributed by atoms with Gasteiger partial charge in [0.2, 0.25) is 0 Å². The molecule has 0 amide bonds. The van der Waals surface area contributed by atoms with Crippen molar-refractivity contribution in [2.45, 2.75) is 13.8 Å². The molecule has 1 rings (SSSR count). The number of pyridine rings is 1. The molecule has 0 unspecified atom stereocenters. The van der Waals surface area contributed by atoms with Gasteiger partial charge in [0, 0.05) is 0 Å². The highest BCUT2D eigenvalue weighted by atomic mass is 35.5. The van der Waals surface area contributed by atoms with Gasteiger partial charge in [-0.25, -0.2) is 4.98 Å². The lowest BCUT2D eigenvalue weighted by Gasteiger charge is -1.93. The molecular weight excluding hydrogens is 183 g/mol. The van der Waals surface area contributed by atoms with Crippen LogP contribution in [0.15, 0.2) is 12.1 Å². The normalized spacial score (nSPS) is 8.36. The van der Waals surface area contributed by atoms with Crippen molar-refractivity contribution in [1.82, 2.24) is 4.98 Å². The van der Waals surface area contributed by atoms with Gasteiger partial charge in [0.15, 0.2) is 0 Å². The summed E-state index contributed by atoms with van der Waals surface area (Å²) in [5.74, 6) is 0.268. The van der Waals surface area contributed by atoms with Gasteiger partial charge in [0.25, 0.3) is 0 Å². The first-order valence-electron chi connectivity index (χ1n) is 3.27. The average molecular weight is 193 g/mol. The number of anilines is 1. The molecule has 62 valence electrons. The van der Waals surface area contributed by atoms with E-state index in [0.717, 1.165) is 0 Å². The van der Waals surface area contributed by atoms with E-state index in [-0.39, 0.29) is 5.82 Å². The number of aromatic nitrogens is 1. The minimum absolute atomic E-state index is 0.268. The lowest BCUT2D eigenvalue weighted by Crippen LogP contribution is -1.89. The molecule has 2 N–H and O–H groups in total. The molecule has 0 saturated carbocycles. The summed E-state index contributed by atoms with van der Waals surface area (Å²) < 4.78 is 0. The van der Waals surface area contributed by atoms with Crippen LogP contribution in [0, 0.1) is 0 Å². The predicted octanol–water partition coefficient (Wildman–Crippen LogP) is 3.00. The smallest absolute Gasteiger partial charge is 0.143 e. The van der Waals surface area contributed by atoms with Crippen LogP contribution in [0.5, 0.6) is 0 Å². The van der Waals surface area contributed by atoms with E-state index in [4.69, 9.17) is 28.9 Å². The van der Waals surface area contributed by atoms with Gasteiger partial charge in [-0.05, 0) is 12.1 Å². The Balaban J connectivity index is 0.000000461. The fraction of sp³-hybridized carbons (Fsp3) is 0.286. The van der Waals surface area contributed by atoms with Crippen LogP contribution >= 0.6 is 23.2 Å². The van der Waals surface area contributed by atoms with Crippen LogP contribution < -0.4 is 5.73 Å². The van der Waals surface area contributed by atoms with Gasteiger partial charge < -0.3 is 5.73 Å². The molecule has 0 aliphatic carbocycles. The highest BCUT2D eigenvalue weighted by Gasteiger charge is 1.95. The van der Waals surface area contributed by atoms with Crippen molar-refractivity contribution in [3.8, 4) is 0 Å². The molecule has 0 radical (unpaired) electrons. The standard InChI is InChI=1S/C5H4Cl2N2.C2H6/c6-3-1-2-4(7)9-5(3)8;1-2/h1-2H,(H2,8,9);1-2H3. The zero-order valence-electron chi connectivity index (χ0n) is 6.44. The van der Waals surface area contributed by atoms with Crippen LogP contribution in [-0.2, 0) is 0 Å². The van der Waals surface area contributed by atoms with E-state index in [9.17, 15) is 0 Å². The fourth-order valence-electron chi connectivity index (χ4n) is 0.433. The summed E-state index contributed by atoms with van der Waals surface area (Å²) in [5, 5.41) is 0.788. The van der Waals surface area contributed by atoms with Crippen molar-refractivity contribution in [2.24, 2.45) is 0 Å². The van der Waals surface area contributed by atoms with Crippen molar-refractivity contribution in [1.29, 1.82) is 0 Å². The summed E-state index contributed by atoms with van der Waals surface area (Å²) in [5.41, 5.74) is 5.29. The molecule has 1 aromatic rings. The molecule has 0 aromatic carbocycles. The Bertz CT molecular complexity index is 226. The van der Waals surface area contributed by atoms with Crippen LogP contribution in [0.4, 0.5) is 5.82 Å². The lowest BCUT2D eigenvalue weighted by molar-refractivity contribution is 1.34.